The van der Waals surface area contributed by atoms with Gasteiger partial charge in [-0.2, -0.15) is 5.26 Å². The molecule has 3 heterocycles. The van der Waals surface area contributed by atoms with Gasteiger partial charge in [-0.25, -0.2) is 9.97 Å². The standard InChI is InChI=1S/C22H18N4O2S/c1-14-7-8-20-25-16(11-26(20)10-14)12-28-19-6-4-3-5-17(19)21(27)18(9-23)22-24-15(2)13-29-22/h3-8,10-11,13,18H,12H2,1-2H3/t18-/m1/s1. The number of nitrogens with zero attached hydrogens (tertiary/aromatic N) is 4. The molecule has 7 heteroatoms. The Labute approximate surface area is 172 Å². The van der Waals surface area contributed by atoms with Crippen LogP contribution in [0.5, 0.6) is 5.75 Å². The predicted molar refractivity (Wildman–Crippen MR) is 110 cm³/mol. The number of nitriles is 1. The molecule has 0 bridgehead atoms. The Balaban J connectivity index is 1.57. The summed E-state index contributed by atoms with van der Waals surface area (Å²) in [5, 5.41) is 11.9. The van der Waals surface area contributed by atoms with E-state index < -0.39 is 5.92 Å². The van der Waals surface area contributed by atoms with Gasteiger partial charge in [0.2, 0.25) is 0 Å². The van der Waals surface area contributed by atoms with Gasteiger partial charge in [0.05, 0.1) is 17.3 Å². The summed E-state index contributed by atoms with van der Waals surface area (Å²) in [6.07, 6.45) is 3.90. The maximum absolute atomic E-state index is 13.0. The van der Waals surface area contributed by atoms with E-state index in [0.717, 1.165) is 22.6 Å². The minimum Gasteiger partial charge on any atom is -0.486 e. The lowest BCUT2D eigenvalue weighted by molar-refractivity contribution is 0.0974. The summed E-state index contributed by atoms with van der Waals surface area (Å²) in [5.74, 6) is -0.834. The highest BCUT2D eigenvalue weighted by Crippen LogP contribution is 2.28. The SMILES string of the molecule is Cc1ccc2nc(COc3ccccc3C(=O)[C@@H](C#N)c3nc(C)cs3)cn2c1. The summed E-state index contributed by atoms with van der Waals surface area (Å²) in [4.78, 5) is 21.9. The molecule has 0 aliphatic heterocycles. The molecule has 0 saturated heterocycles. The minimum absolute atomic E-state index is 0.221. The van der Waals surface area contributed by atoms with Crippen LogP contribution in [0.4, 0.5) is 0 Å². The van der Waals surface area contributed by atoms with E-state index in [-0.39, 0.29) is 12.4 Å². The van der Waals surface area contributed by atoms with Gasteiger partial charge in [-0.3, -0.25) is 4.79 Å². The fraction of sp³-hybridized carbons (Fsp3) is 0.182. The van der Waals surface area contributed by atoms with Crippen molar-refractivity contribution in [3.63, 3.8) is 0 Å². The lowest BCUT2D eigenvalue weighted by atomic mass is 9.98. The predicted octanol–water partition coefficient (Wildman–Crippen LogP) is 4.48. The zero-order valence-electron chi connectivity index (χ0n) is 16.0. The molecule has 0 saturated carbocycles. The van der Waals surface area contributed by atoms with E-state index in [1.54, 1.807) is 24.3 Å². The lowest BCUT2D eigenvalue weighted by Gasteiger charge is -2.11. The molecule has 4 rings (SSSR count). The monoisotopic (exact) mass is 402 g/mol. The van der Waals surface area contributed by atoms with Gasteiger partial charge in [-0.05, 0) is 37.6 Å². The van der Waals surface area contributed by atoms with E-state index in [0.29, 0.717) is 16.3 Å². The van der Waals surface area contributed by atoms with Crippen molar-refractivity contribution in [2.75, 3.05) is 0 Å². The molecule has 3 aromatic heterocycles. The zero-order valence-corrected chi connectivity index (χ0v) is 16.8. The molecule has 0 N–H and O–H groups in total. The number of ether oxygens (including phenoxy) is 1. The maximum Gasteiger partial charge on any atom is 0.190 e. The summed E-state index contributed by atoms with van der Waals surface area (Å²) >= 11 is 1.32. The Morgan fingerprint density at radius 3 is 2.79 bits per heavy atom. The van der Waals surface area contributed by atoms with Crippen molar-refractivity contribution < 1.29 is 9.53 Å². The van der Waals surface area contributed by atoms with Crippen LogP contribution < -0.4 is 4.74 Å². The molecule has 1 atom stereocenters. The highest BCUT2D eigenvalue weighted by molar-refractivity contribution is 7.10. The number of carbonyl (C=O) groups excluding carboxylic acids is 1. The Morgan fingerprint density at radius 1 is 1.21 bits per heavy atom. The average molecular weight is 402 g/mol. The molecular formula is C22H18N4O2S. The number of pyridine rings is 1. The molecule has 4 aromatic rings. The average Bonchev–Trinajstić information content (AvgIpc) is 3.32. The molecule has 0 spiro atoms. The second-order valence-corrected chi connectivity index (χ2v) is 7.63. The second-order valence-electron chi connectivity index (χ2n) is 6.74. The molecule has 0 amide bonds. The van der Waals surface area contributed by atoms with Crippen molar-refractivity contribution in [3.05, 3.63) is 81.7 Å². The first kappa shape index (κ1) is 18.8. The molecule has 144 valence electrons. The topological polar surface area (TPSA) is 80.3 Å². The Morgan fingerprint density at radius 2 is 2.03 bits per heavy atom. The quantitative estimate of drug-likeness (QED) is 0.444. The molecular weight excluding hydrogens is 384 g/mol. The molecule has 6 nitrogen and oxygen atoms in total. The first-order valence-electron chi connectivity index (χ1n) is 9.07. The van der Waals surface area contributed by atoms with Crippen molar-refractivity contribution in [2.45, 2.75) is 26.4 Å². The second kappa shape index (κ2) is 7.86. The maximum atomic E-state index is 13.0. The number of para-hydroxylation sites is 1. The first-order chi connectivity index (χ1) is 14.0. The fourth-order valence-corrected chi connectivity index (χ4v) is 3.90. The first-order valence-corrected chi connectivity index (χ1v) is 9.95. The summed E-state index contributed by atoms with van der Waals surface area (Å²) in [6.45, 7) is 4.08. The van der Waals surface area contributed by atoms with E-state index in [1.165, 1.54) is 11.3 Å². The van der Waals surface area contributed by atoms with Crippen molar-refractivity contribution >= 4 is 22.8 Å². The molecule has 1 aromatic carbocycles. The highest BCUT2D eigenvalue weighted by atomic mass is 32.1. The van der Waals surface area contributed by atoms with Crippen molar-refractivity contribution in [2.24, 2.45) is 0 Å². The summed E-state index contributed by atoms with van der Waals surface area (Å²) < 4.78 is 7.86. The van der Waals surface area contributed by atoms with Crippen LogP contribution in [0.1, 0.15) is 38.2 Å². The van der Waals surface area contributed by atoms with Crippen LogP contribution >= 0.6 is 11.3 Å². The van der Waals surface area contributed by atoms with Crippen LogP contribution in [0, 0.1) is 25.2 Å². The minimum atomic E-state index is -0.948. The van der Waals surface area contributed by atoms with Gasteiger partial charge in [0.15, 0.2) is 11.7 Å². The number of carbonyl (C=O) groups is 1. The van der Waals surface area contributed by atoms with Crippen LogP contribution in [0.2, 0.25) is 0 Å². The number of hydrogen-bond donors (Lipinski definition) is 0. The van der Waals surface area contributed by atoms with Crippen molar-refractivity contribution in [1.29, 1.82) is 5.26 Å². The number of aromatic nitrogens is 3. The third-order valence-electron chi connectivity index (χ3n) is 4.45. The molecule has 0 radical (unpaired) electrons. The number of ketones is 1. The summed E-state index contributed by atoms with van der Waals surface area (Å²) in [7, 11) is 0. The number of hydrogen-bond acceptors (Lipinski definition) is 6. The third kappa shape index (κ3) is 3.89. The number of aryl methyl sites for hydroxylation is 2. The van der Waals surface area contributed by atoms with Crippen LogP contribution in [-0.2, 0) is 6.61 Å². The molecule has 29 heavy (non-hydrogen) atoms. The summed E-state index contributed by atoms with van der Waals surface area (Å²) in [5.41, 5.74) is 3.89. The van der Waals surface area contributed by atoms with E-state index in [1.807, 2.05) is 48.2 Å². The van der Waals surface area contributed by atoms with Crippen molar-refractivity contribution in [1.82, 2.24) is 14.4 Å². The lowest BCUT2D eigenvalue weighted by Crippen LogP contribution is -2.13. The Bertz CT molecular complexity index is 1240. The Kier molecular flexibility index (Phi) is 5.10. The Hall–Kier alpha value is -3.50. The number of fused-ring (bicyclic) bond motifs is 1. The van der Waals surface area contributed by atoms with Crippen LogP contribution in [-0.4, -0.2) is 20.2 Å². The number of Topliss-reactive ketones (excluding diaryl/α,β-unsaturated/α-hetero) is 1. The number of benzene rings is 1. The van der Waals surface area contributed by atoms with Gasteiger partial charge in [0.25, 0.3) is 0 Å². The number of rotatable bonds is 6. The van der Waals surface area contributed by atoms with E-state index >= 15 is 0 Å². The van der Waals surface area contributed by atoms with E-state index in [4.69, 9.17) is 4.74 Å². The van der Waals surface area contributed by atoms with Gasteiger partial charge in [0, 0.05) is 23.5 Å². The number of imidazole rings is 1. The van der Waals surface area contributed by atoms with Crippen LogP contribution in [0.15, 0.2) is 54.2 Å². The van der Waals surface area contributed by atoms with Crippen molar-refractivity contribution in [3.8, 4) is 11.8 Å². The fourth-order valence-electron chi connectivity index (χ4n) is 3.06. The molecule has 0 unspecified atom stereocenters. The largest absolute Gasteiger partial charge is 0.486 e. The normalized spacial score (nSPS) is 11.9. The summed E-state index contributed by atoms with van der Waals surface area (Å²) in [6, 6.07) is 13.0. The van der Waals surface area contributed by atoms with E-state index in [9.17, 15) is 10.1 Å². The highest BCUT2D eigenvalue weighted by Gasteiger charge is 2.27. The molecule has 0 aliphatic carbocycles. The van der Waals surface area contributed by atoms with Gasteiger partial charge in [0.1, 0.15) is 23.0 Å². The van der Waals surface area contributed by atoms with Crippen LogP contribution in [0.25, 0.3) is 5.65 Å². The molecule has 0 fully saturated rings. The van der Waals surface area contributed by atoms with E-state index in [2.05, 4.69) is 16.0 Å². The van der Waals surface area contributed by atoms with Gasteiger partial charge >= 0.3 is 0 Å². The van der Waals surface area contributed by atoms with Gasteiger partial charge in [-0.15, -0.1) is 11.3 Å². The van der Waals surface area contributed by atoms with Crippen LogP contribution in [0.3, 0.4) is 0 Å². The van der Waals surface area contributed by atoms with Gasteiger partial charge in [-0.1, -0.05) is 18.2 Å². The smallest absolute Gasteiger partial charge is 0.190 e. The van der Waals surface area contributed by atoms with Gasteiger partial charge < -0.3 is 9.14 Å². The number of thiazole rings is 1. The molecule has 0 aliphatic rings. The third-order valence-corrected chi connectivity index (χ3v) is 5.48. The zero-order chi connectivity index (χ0) is 20.4.